The molecule has 0 aliphatic rings. The second-order valence-corrected chi connectivity index (χ2v) is 7.39. The summed E-state index contributed by atoms with van der Waals surface area (Å²) in [5.41, 5.74) is 3.80. The van der Waals surface area contributed by atoms with Crippen LogP contribution >= 0.6 is 27.3 Å². The molecule has 5 nitrogen and oxygen atoms in total. The van der Waals surface area contributed by atoms with Crippen molar-refractivity contribution in [1.29, 1.82) is 5.26 Å². The van der Waals surface area contributed by atoms with Gasteiger partial charge in [0.25, 0.3) is 0 Å². The molecular formula is C20H15BrN4OS. The summed E-state index contributed by atoms with van der Waals surface area (Å²) in [7, 11) is 0. The van der Waals surface area contributed by atoms with E-state index >= 15 is 0 Å². The number of amides is 1. The third kappa shape index (κ3) is 5.03. The van der Waals surface area contributed by atoms with Gasteiger partial charge in [0.1, 0.15) is 16.6 Å². The van der Waals surface area contributed by atoms with Crippen LogP contribution in [0.2, 0.25) is 0 Å². The Kier molecular flexibility index (Phi) is 6.01. The van der Waals surface area contributed by atoms with Gasteiger partial charge in [-0.15, -0.1) is 11.3 Å². The van der Waals surface area contributed by atoms with Crippen LogP contribution in [-0.2, 0) is 4.79 Å². The number of anilines is 2. The second-order valence-electron chi connectivity index (χ2n) is 5.62. The Morgan fingerprint density at radius 1 is 1.22 bits per heavy atom. The second kappa shape index (κ2) is 8.62. The van der Waals surface area contributed by atoms with Crippen LogP contribution in [0.15, 0.2) is 64.6 Å². The van der Waals surface area contributed by atoms with Gasteiger partial charge in [-0.05, 0) is 36.4 Å². The molecule has 7 heteroatoms. The Labute approximate surface area is 169 Å². The van der Waals surface area contributed by atoms with Crippen LogP contribution in [0, 0.1) is 11.3 Å². The van der Waals surface area contributed by atoms with Gasteiger partial charge in [0, 0.05) is 39.9 Å². The van der Waals surface area contributed by atoms with Crippen LogP contribution in [0.1, 0.15) is 11.9 Å². The van der Waals surface area contributed by atoms with Gasteiger partial charge in [-0.2, -0.15) is 5.26 Å². The van der Waals surface area contributed by atoms with Crippen LogP contribution in [0.5, 0.6) is 0 Å². The van der Waals surface area contributed by atoms with E-state index in [1.54, 1.807) is 18.3 Å². The molecule has 1 amide bonds. The molecule has 2 aromatic carbocycles. The third-order valence-corrected chi connectivity index (χ3v) is 4.93. The first-order valence-corrected chi connectivity index (χ1v) is 9.69. The highest BCUT2D eigenvalue weighted by Crippen LogP contribution is 2.27. The number of allylic oxidation sites excluding steroid dienone is 1. The van der Waals surface area contributed by atoms with E-state index in [-0.39, 0.29) is 5.91 Å². The molecule has 2 N–H and O–H groups in total. The number of rotatable bonds is 5. The molecule has 1 aromatic heterocycles. The zero-order valence-corrected chi connectivity index (χ0v) is 16.8. The first kappa shape index (κ1) is 18.8. The van der Waals surface area contributed by atoms with Crippen LogP contribution in [0.3, 0.4) is 0 Å². The molecule has 0 bridgehead atoms. The molecule has 1 heterocycles. The SMILES string of the molecule is CC(=O)Nc1ccc(N/C=C(/C#N)c2nc(-c3cccc(Br)c3)cs2)cc1. The number of carbonyl (C=O) groups is 1. The van der Waals surface area contributed by atoms with E-state index in [1.165, 1.54) is 18.3 Å². The van der Waals surface area contributed by atoms with E-state index in [0.29, 0.717) is 10.6 Å². The lowest BCUT2D eigenvalue weighted by Crippen LogP contribution is -2.05. The molecule has 3 aromatic rings. The summed E-state index contributed by atoms with van der Waals surface area (Å²) in [6.07, 6.45) is 1.64. The number of carbonyl (C=O) groups excluding carboxylic acids is 1. The maximum Gasteiger partial charge on any atom is 0.221 e. The molecule has 0 unspecified atom stereocenters. The highest BCUT2D eigenvalue weighted by atomic mass is 79.9. The molecule has 0 saturated heterocycles. The summed E-state index contributed by atoms with van der Waals surface area (Å²) in [5.74, 6) is -0.118. The van der Waals surface area contributed by atoms with Crippen molar-refractivity contribution in [3.05, 3.63) is 69.6 Å². The van der Waals surface area contributed by atoms with Crippen LogP contribution in [-0.4, -0.2) is 10.9 Å². The van der Waals surface area contributed by atoms with E-state index in [0.717, 1.165) is 27.1 Å². The highest BCUT2D eigenvalue weighted by Gasteiger charge is 2.09. The van der Waals surface area contributed by atoms with Gasteiger partial charge in [0.2, 0.25) is 5.91 Å². The van der Waals surface area contributed by atoms with Crippen molar-refractivity contribution in [2.75, 3.05) is 10.6 Å². The maximum absolute atomic E-state index is 11.1. The molecule has 0 fully saturated rings. The number of hydrogen-bond acceptors (Lipinski definition) is 5. The van der Waals surface area contributed by atoms with Gasteiger partial charge in [-0.3, -0.25) is 4.79 Å². The van der Waals surface area contributed by atoms with E-state index in [1.807, 2.05) is 41.8 Å². The van der Waals surface area contributed by atoms with Gasteiger partial charge >= 0.3 is 0 Å². The number of halogens is 1. The first-order valence-electron chi connectivity index (χ1n) is 8.01. The van der Waals surface area contributed by atoms with Crippen molar-refractivity contribution in [1.82, 2.24) is 4.98 Å². The van der Waals surface area contributed by atoms with Gasteiger partial charge in [0.05, 0.1) is 5.69 Å². The Balaban J connectivity index is 1.75. The largest absolute Gasteiger partial charge is 0.360 e. The summed E-state index contributed by atoms with van der Waals surface area (Å²) in [6.45, 7) is 1.46. The molecular weight excluding hydrogens is 424 g/mol. The zero-order valence-electron chi connectivity index (χ0n) is 14.4. The molecule has 0 spiro atoms. The molecule has 0 aliphatic heterocycles. The topological polar surface area (TPSA) is 77.8 Å². The Hall–Kier alpha value is -2.95. The van der Waals surface area contributed by atoms with Crippen LogP contribution in [0.25, 0.3) is 16.8 Å². The minimum Gasteiger partial charge on any atom is -0.360 e. The maximum atomic E-state index is 11.1. The van der Waals surface area contributed by atoms with Crippen molar-refractivity contribution in [3.63, 3.8) is 0 Å². The van der Waals surface area contributed by atoms with E-state index in [2.05, 4.69) is 37.6 Å². The fourth-order valence-electron chi connectivity index (χ4n) is 2.33. The average molecular weight is 439 g/mol. The van der Waals surface area contributed by atoms with Crippen molar-refractivity contribution in [3.8, 4) is 17.3 Å². The van der Waals surface area contributed by atoms with E-state index < -0.39 is 0 Å². The first-order chi connectivity index (χ1) is 13.0. The predicted molar refractivity (Wildman–Crippen MR) is 113 cm³/mol. The number of nitrogens with zero attached hydrogens (tertiary/aromatic N) is 2. The van der Waals surface area contributed by atoms with Crippen molar-refractivity contribution in [2.45, 2.75) is 6.92 Å². The molecule has 27 heavy (non-hydrogen) atoms. The average Bonchev–Trinajstić information content (AvgIpc) is 3.13. The number of benzene rings is 2. The number of thiazole rings is 1. The van der Waals surface area contributed by atoms with Gasteiger partial charge in [-0.25, -0.2) is 4.98 Å². The molecule has 0 atom stereocenters. The summed E-state index contributed by atoms with van der Waals surface area (Å²) < 4.78 is 0.981. The normalized spacial score (nSPS) is 10.9. The lowest BCUT2D eigenvalue weighted by Gasteiger charge is -2.04. The zero-order chi connectivity index (χ0) is 19.2. The van der Waals surface area contributed by atoms with E-state index in [9.17, 15) is 10.1 Å². The fourth-order valence-corrected chi connectivity index (χ4v) is 3.52. The minimum atomic E-state index is -0.118. The standard InChI is InChI=1S/C20H15BrN4OS/c1-13(26)24-18-7-5-17(6-8-18)23-11-15(10-22)20-25-19(12-27-20)14-3-2-4-16(21)9-14/h2-9,11-12,23H,1H3,(H,24,26)/b15-11-. The Morgan fingerprint density at radius 2 is 1.96 bits per heavy atom. The number of aromatic nitrogens is 1. The van der Waals surface area contributed by atoms with Gasteiger partial charge < -0.3 is 10.6 Å². The van der Waals surface area contributed by atoms with Crippen molar-refractivity contribution >= 4 is 50.1 Å². The van der Waals surface area contributed by atoms with Crippen LogP contribution < -0.4 is 10.6 Å². The molecule has 134 valence electrons. The summed E-state index contributed by atoms with van der Waals surface area (Å²) in [4.78, 5) is 15.6. The van der Waals surface area contributed by atoms with Crippen LogP contribution in [0.4, 0.5) is 11.4 Å². The fraction of sp³-hybridized carbons (Fsp3) is 0.0500. The molecule has 0 saturated carbocycles. The Bertz CT molecular complexity index is 1030. The summed E-state index contributed by atoms with van der Waals surface area (Å²) in [5, 5.41) is 17.9. The minimum absolute atomic E-state index is 0.118. The summed E-state index contributed by atoms with van der Waals surface area (Å²) in [6, 6.07) is 17.3. The van der Waals surface area contributed by atoms with Gasteiger partial charge in [-0.1, -0.05) is 28.1 Å². The third-order valence-electron chi connectivity index (χ3n) is 3.56. The molecule has 0 aliphatic carbocycles. The number of nitriles is 1. The lowest BCUT2D eigenvalue weighted by molar-refractivity contribution is -0.114. The summed E-state index contributed by atoms with van der Waals surface area (Å²) >= 11 is 4.88. The van der Waals surface area contributed by atoms with Crippen molar-refractivity contribution in [2.24, 2.45) is 0 Å². The Morgan fingerprint density at radius 3 is 2.63 bits per heavy atom. The highest BCUT2D eigenvalue weighted by molar-refractivity contribution is 9.10. The quantitative estimate of drug-likeness (QED) is 0.514. The lowest BCUT2D eigenvalue weighted by atomic mass is 10.2. The smallest absolute Gasteiger partial charge is 0.221 e. The van der Waals surface area contributed by atoms with Gasteiger partial charge in [0.15, 0.2) is 0 Å². The number of hydrogen-bond donors (Lipinski definition) is 2. The number of nitrogens with one attached hydrogen (secondary N) is 2. The predicted octanol–water partition coefficient (Wildman–Crippen LogP) is 5.51. The van der Waals surface area contributed by atoms with E-state index in [4.69, 9.17) is 0 Å². The van der Waals surface area contributed by atoms with Crippen molar-refractivity contribution < 1.29 is 4.79 Å². The monoisotopic (exact) mass is 438 g/mol. The molecule has 0 radical (unpaired) electrons. The molecule has 3 rings (SSSR count).